The molecule has 0 spiro atoms. The molecule has 0 saturated carbocycles. The van der Waals surface area contributed by atoms with Gasteiger partial charge in [-0.2, -0.15) is 0 Å². The van der Waals surface area contributed by atoms with Gasteiger partial charge in [-0.25, -0.2) is 4.68 Å². The van der Waals surface area contributed by atoms with Crippen LogP contribution < -0.4 is 10.1 Å². The highest BCUT2D eigenvalue weighted by atomic mass is 16.6. The third kappa shape index (κ3) is 2.68. The number of nitrogens with zero attached hydrogens (tertiary/aromatic N) is 4. The van der Waals surface area contributed by atoms with Crippen LogP contribution in [0, 0.1) is 10.1 Å². The van der Waals surface area contributed by atoms with E-state index in [1.54, 1.807) is 19.3 Å². The van der Waals surface area contributed by atoms with Crippen molar-refractivity contribution in [2.75, 3.05) is 14.2 Å². The number of nitro benzene ring substituents is 1. The number of methoxy groups -OCH3 is 1. The minimum atomic E-state index is -0.492. The van der Waals surface area contributed by atoms with Gasteiger partial charge in [0.15, 0.2) is 5.75 Å². The van der Waals surface area contributed by atoms with Crippen LogP contribution in [0.2, 0.25) is 0 Å². The molecule has 8 heteroatoms. The van der Waals surface area contributed by atoms with Gasteiger partial charge in [-0.1, -0.05) is 5.21 Å². The Morgan fingerprint density at radius 2 is 2.32 bits per heavy atom. The number of ether oxygens (including phenoxy) is 1. The molecule has 0 aliphatic rings. The van der Waals surface area contributed by atoms with Gasteiger partial charge in [0.1, 0.15) is 0 Å². The van der Waals surface area contributed by atoms with Gasteiger partial charge in [0.25, 0.3) is 0 Å². The van der Waals surface area contributed by atoms with Crippen molar-refractivity contribution in [3.63, 3.8) is 0 Å². The molecule has 0 amide bonds. The second-order valence-electron chi connectivity index (χ2n) is 3.80. The first-order valence-corrected chi connectivity index (χ1v) is 5.54. The molecule has 0 saturated heterocycles. The maximum absolute atomic E-state index is 10.9. The lowest BCUT2D eigenvalue weighted by Crippen LogP contribution is -2.05. The fourth-order valence-electron chi connectivity index (χ4n) is 1.65. The summed E-state index contributed by atoms with van der Waals surface area (Å²) in [5, 5.41) is 21.8. The molecule has 2 rings (SSSR count). The van der Waals surface area contributed by atoms with Gasteiger partial charge in [-0.15, -0.1) is 5.10 Å². The second kappa shape index (κ2) is 5.44. The molecule has 0 aliphatic carbocycles. The van der Waals surface area contributed by atoms with Crippen LogP contribution in [0.1, 0.15) is 5.69 Å². The van der Waals surface area contributed by atoms with Crippen LogP contribution in [-0.4, -0.2) is 34.1 Å². The van der Waals surface area contributed by atoms with E-state index in [1.807, 2.05) is 0 Å². The van der Waals surface area contributed by atoms with E-state index in [2.05, 4.69) is 15.6 Å². The molecule has 0 atom stereocenters. The summed E-state index contributed by atoms with van der Waals surface area (Å²) in [5.74, 6) is 0.212. The number of nitro groups is 1. The first kappa shape index (κ1) is 13.0. The van der Waals surface area contributed by atoms with Crippen LogP contribution in [0.4, 0.5) is 5.69 Å². The van der Waals surface area contributed by atoms with Crippen LogP contribution in [0.5, 0.6) is 5.75 Å². The number of benzene rings is 1. The smallest absolute Gasteiger partial charge is 0.313 e. The molecule has 0 radical (unpaired) electrons. The monoisotopic (exact) mass is 263 g/mol. The Morgan fingerprint density at radius 1 is 1.53 bits per heavy atom. The fraction of sp³-hybridized carbons (Fsp3) is 0.273. The summed E-state index contributed by atoms with van der Waals surface area (Å²) < 4.78 is 6.43. The summed E-state index contributed by atoms with van der Waals surface area (Å²) in [5.41, 5.74) is 1.20. The largest absolute Gasteiger partial charge is 0.490 e. The molecule has 0 bridgehead atoms. The number of hydrogen-bond acceptors (Lipinski definition) is 6. The Balaban J connectivity index is 2.39. The third-order valence-corrected chi connectivity index (χ3v) is 2.52. The van der Waals surface area contributed by atoms with Gasteiger partial charge in [-0.05, 0) is 19.2 Å². The van der Waals surface area contributed by atoms with Crippen molar-refractivity contribution in [2.24, 2.45) is 0 Å². The normalized spacial score (nSPS) is 10.4. The van der Waals surface area contributed by atoms with Crippen LogP contribution in [0.3, 0.4) is 0 Å². The van der Waals surface area contributed by atoms with E-state index in [4.69, 9.17) is 4.74 Å². The highest BCUT2D eigenvalue weighted by Crippen LogP contribution is 2.28. The molecular weight excluding hydrogens is 250 g/mol. The zero-order valence-corrected chi connectivity index (χ0v) is 10.5. The summed E-state index contributed by atoms with van der Waals surface area (Å²) >= 11 is 0. The van der Waals surface area contributed by atoms with Crippen LogP contribution in [0.25, 0.3) is 5.69 Å². The third-order valence-electron chi connectivity index (χ3n) is 2.52. The minimum Gasteiger partial charge on any atom is -0.490 e. The fourth-order valence-corrected chi connectivity index (χ4v) is 1.65. The molecule has 19 heavy (non-hydrogen) atoms. The van der Waals surface area contributed by atoms with Crippen molar-refractivity contribution in [3.8, 4) is 11.4 Å². The van der Waals surface area contributed by atoms with Gasteiger partial charge >= 0.3 is 5.69 Å². The highest BCUT2D eigenvalue weighted by molar-refractivity contribution is 5.53. The number of hydrogen-bond donors (Lipinski definition) is 1. The standard InChI is InChI=1S/C11H13N5O3/c1-12-6-8-7-15(14-13-8)9-3-4-11(19-2)10(5-9)16(17)18/h3-5,7,12H,6H2,1-2H3. The average Bonchev–Trinajstić information content (AvgIpc) is 2.87. The predicted molar refractivity (Wildman–Crippen MR) is 67.3 cm³/mol. The first-order valence-electron chi connectivity index (χ1n) is 5.54. The van der Waals surface area contributed by atoms with Crippen molar-refractivity contribution < 1.29 is 9.66 Å². The zero-order chi connectivity index (χ0) is 13.8. The van der Waals surface area contributed by atoms with E-state index in [1.165, 1.54) is 23.9 Å². The molecule has 1 aromatic heterocycles. The molecule has 0 aliphatic heterocycles. The lowest BCUT2D eigenvalue weighted by atomic mass is 10.2. The molecule has 100 valence electrons. The van der Waals surface area contributed by atoms with Gasteiger partial charge in [-0.3, -0.25) is 10.1 Å². The van der Waals surface area contributed by atoms with E-state index in [0.29, 0.717) is 12.2 Å². The number of nitrogens with one attached hydrogen (secondary N) is 1. The van der Waals surface area contributed by atoms with Crippen LogP contribution in [-0.2, 0) is 6.54 Å². The van der Waals surface area contributed by atoms with Crippen molar-refractivity contribution >= 4 is 5.69 Å². The van der Waals surface area contributed by atoms with Gasteiger partial charge in [0.2, 0.25) is 0 Å². The Bertz CT molecular complexity index is 596. The topological polar surface area (TPSA) is 95.1 Å². The Kier molecular flexibility index (Phi) is 3.71. The number of rotatable bonds is 5. The van der Waals surface area contributed by atoms with Gasteiger partial charge < -0.3 is 10.1 Å². The minimum absolute atomic E-state index is 0.106. The predicted octanol–water partition coefficient (Wildman–Crippen LogP) is 0.903. The lowest BCUT2D eigenvalue weighted by Gasteiger charge is -2.04. The summed E-state index contributed by atoms with van der Waals surface area (Å²) in [6.45, 7) is 0.582. The SMILES string of the molecule is CNCc1cn(-c2ccc(OC)c([N+](=O)[O-])c2)nn1. The quantitative estimate of drug-likeness (QED) is 0.636. The van der Waals surface area contributed by atoms with E-state index < -0.39 is 4.92 Å². The second-order valence-corrected chi connectivity index (χ2v) is 3.80. The Labute approximate surface area is 109 Å². The number of aromatic nitrogens is 3. The summed E-state index contributed by atoms with van der Waals surface area (Å²) in [6.07, 6.45) is 1.71. The highest BCUT2D eigenvalue weighted by Gasteiger charge is 2.16. The van der Waals surface area contributed by atoms with E-state index >= 15 is 0 Å². The van der Waals surface area contributed by atoms with E-state index in [-0.39, 0.29) is 11.4 Å². The molecule has 0 unspecified atom stereocenters. The maximum Gasteiger partial charge on any atom is 0.313 e. The maximum atomic E-state index is 10.9. The van der Waals surface area contributed by atoms with Crippen LogP contribution >= 0.6 is 0 Å². The van der Waals surface area contributed by atoms with E-state index in [9.17, 15) is 10.1 Å². The molecule has 1 N–H and O–H groups in total. The molecule has 1 heterocycles. The first-order chi connectivity index (χ1) is 9.15. The average molecular weight is 263 g/mol. The van der Waals surface area contributed by atoms with Crippen molar-refractivity contribution in [3.05, 3.63) is 40.2 Å². The Morgan fingerprint density at radius 3 is 2.95 bits per heavy atom. The Hall–Kier alpha value is -2.48. The van der Waals surface area contributed by atoms with E-state index in [0.717, 1.165) is 5.69 Å². The van der Waals surface area contributed by atoms with Crippen molar-refractivity contribution in [1.82, 2.24) is 20.3 Å². The molecule has 8 nitrogen and oxygen atoms in total. The zero-order valence-electron chi connectivity index (χ0n) is 10.5. The summed E-state index contributed by atoms with van der Waals surface area (Å²) in [7, 11) is 3.19. The summed E-state index contributed by atoms with van der Waals surface area (Å²) in [4.78, 5) is 10.4. The van der Waals surface area contributed by atoms with Crippen molar-refractivity contribution in [2.45, 2.75) is 6.54 Å². The van der Waals surface area contributed by atoms with Gasteiger partial charge in [0, 0.05) is 12.6 Å². The molecule has 2 aromatic rings. The van der Waals surface area contributed by atoms with Crippen LogP contribution in [0.15, 0.2) is 24.4 Å². The molecule has 1 aromatic carbocycles. The molecular formula is C11H13N5O3. The lowest BCUT2D eigenvalue weighted by molar-refractivity contribution is -0.385. The summed E-state index contributed by atoms with van der Waals surface area (Å²) in [6, 6.07) is 4.62. The van der Waals surface area contributed by atoms with Crippen molar-refractivity contribution in [1.29, 1.82) is 0 Å². The molecule has 0 fully saturated rings. The van der Waals surface area contributed by atoms with Gasteiger partial charge in [0.05, 0.1) is 29.6 Å².